The minimum Gasteiger partial charge on any atom is -0.493 e. The van der Waals surface area contributed by atoms with Crippen LogP contribution >= 0.6 is 0 Å². The van der Waals surface area contributed by atoms with Gasteiger partial charge in [-0.1, -0.05) is 0 Å². The van der Waals surface area contributed by atoms with Crippen molar-refractivity contribution in [2.24, 2.45) is 5.73 Å². The van der Waals surface area contributed by atoms with Crippen molar-refractivity contribution in [3.63, 3.8) is 0 Å². The number of nitrogens with two attached hydrogens (primary N) is 1. The molecule has 2 heterocycles. The van der Waals surface area contributed by atoms with Gasteiger partial charge < -0.3 is 30.9 Å². The molecular weight excluding hydrogens is 246 g/mol. The smallest absolute Gasteiger partial charge is 0.272 e. The van der Waals surface area contributed by atoms with Crippen LogP contribution in [0.25, 0.3) is 0 Å². The lowest BCUT2D eigenvalue weighted by Crippen LogP contribution is -2.33. The number of aliphatic hydroxyl groups excluding tert-OH is 3. The summed E-state index contributed by atoms with van der Waals surface area (Å²) in [5.41, 5.74) is 4.61. The third-order valence-electron chi connectivity index (χ3n) is 2.79. The maximum atomic E-state index is 10.9. The fraction of sp³-hybridized carbons (Fsp3) is 0.556. The molecule has 6 N–H and O–H groups in total. The first kappa shape index (κ1) is 12.8. The van der Waals surface area contributed by atoms with E-state index in [0.717, 1.165) is 10.9 Å². The molecule has 2 rings (SSSR count). The van der Waals surface area contributed by atoms with Gasteiger partial charge >= 0.3 is 0 Å². The van der Waals surface area contributed by atoms with Gasteiger partial charge in [-0.25, -0.2) is 4.98 Å². The fourth-order valence-corrected chi connectivity index (χ4v) is 1.82. The van der Waals surface area contributed by atoms with Gasteiger partial charge in [0.2, 0.25) is 5.88 Å². The number of rotatable bonds is 3. The highest BCUT2D eigenvalue weighted by Crippen LogP contribution is 2.32. The maximum absolute atomic E-state index is 10.9. The number of hydrogen-bond acceptors (Lipinski definition) is 7. The zero-order valence-corrected chi connectivity index (χ0v) is 9.17. The van der Waals surface area contributed by atoms with Gasteiger partial charge in [0.25, 0.3) is 5.91 Å². The molecule has 4 atom stereocenters. The second kappa shape index (κ2) is 4.53. The predicted molar refractivity (Wildman–Crippen MR) is 55.4 cm³/mol. The SMILES string of the molecule is NC(=O)c1ncn([C@@H]2O[C@H](CO)[C@H](O)[C@@H]2O)c1O. The van der Waals surface area contributed by atoms with Gasteiger partial charge in [0.1, 0.15) is 24.6 Å². The van der Waals surface area contributed by atoms with Crippen LogP contribution in [0, 0.1) is 0 Å². The molecule has 1 amide bonds. The van der Waals surface area contributed by atoms with Crippen LogP contribution in [0.1, 0.15) is 16.7 Å². The van der Waals surface area contributed by atoms with Crippen molar-refractivity contribution in [3.8, 4) is 5.88 Å². The van der Waals surface area contributed by atoms with Gasteiger partial charge in [-0.2, -0.15) is 0 Å². The lowest BCUT2D eigenvalue weighted by Gasteiger charge is -2.16. The van der Waals surface area contributed by atoms with Crippen LogP contribution in [0.2, 0.25) is 0 Å². The molecule has 1 aromatic heterocycles. The van der Waals surface area contributed by atoms with E-state index in [1.165, 1.54) is 0 Å². The molecule has 1 saturated heterocycles. The second-order valence-electron chi connectivity index (χ2n) is 3.92. The normalized spacial score (nSPS) is 31.7. The molecule has 0 aromatic carbocycles. The molecular formula is C9H13N3O6. The molecule has 0 spiro atoms. The highest BCUT2D eigenvalue weighted by Gasteiger charge is 2.44. The Hall–Kier alpha value is -1.68. The van der Waals surface area contributed by atoms with Crippen molar-refractivity contribution in [1.82, 2.24) is 9.55 Å². The topological polar surface area (TPSA) is 151 Å². The number of carbonyl (C=O) groups excluding carboxylic acids is 1. The number of nitrogens with zero attached hydrogens (tertiary/aromatic N) is 2. The van der Waals surface area contributed by atoms with Crippen molar-refractivity contribution in [1.29, 1.82) is 0 Å². The van der Waals surface area contributed by atoms with Gasteiger partial charge in [0.15, 0.2) is 11.9 Å². The summed E-state index contributed by atoms with van der Waals surface area (Å²) in [6.45, 7) is -0.493. The van der Waals surface area contributed by atoms with Gasteiger partial charge in [0, 0.05) is 0 Å². The average molecular weight is 259 g/mol. The van der Waals surface area contributed by atoms with Gasteiger partial charge in [-0.3, -0.25) is 9.36 Å². The van der Waals surface area contributed by atoms with Gasteiger partial charge in [0.05, 0.1) is 6.61 Å². The molecule has 18 heavy (non-hydrogen) atoms. The summed E-state index contributed by atoms with van der Waals surface area (Å²) in [4.78, 5) is 14.5. The number of carbonyl (C=O) groups is 1. The quantitative estimate of drug-likeness (QED) is 0.396. The van der Waals surface area contributed by atoms with Crippen LogP contribution in [0.4, 0.5) is 0 Å². The zero-order valence-electron chi connectivity index (χ0n) is 9.17. The monoisotopic (exact) mass is 259 g/mol. The number of imidazole rings is 1. The number of aromatic nitrogens is 2. The van der Waals surface area contributed by atoms with E-state index in [4.69, 9.17) is 15.6 Å². The summed E-state index contributed by atoms with van der Waals surface area (Å²) in [5.74, 6) is -1.50. The molecule has 0 bridgehead atoms. The molecule has 1 aliphatic heterocycles. The molecule has 9 heteroatoms. The second-order valence-corrected chi connectivity index (χ2v) is 3.92. The van der Waals surface area contributed by atoms with Crippen LogP contribution in [0.3, 0.4) is 0 Å². The first-order valence-corrected chi connectivity index (χ1v) is 5.15. The molecule has 0 saturated carbocycles. The molecule has 0 radical (unpaired) electrons. The first-order chi connectivity index (χ1) is 8.47. The van der Waals surface area contributed by atoms with Crippen LogP contribution < -0.4 is 5.73 Å². The number of aliphatic hydroxyl groups is 3. The van der Waals surface area contributed by atoms with Crippen molar-refractivity contribution >= 4 is 5.91 Å². The standard InChI is InChI=1S/C9H13N3O6/c10-7(16)4-8(17)12(2-11-4)9-6(15)5(14)3(1-13)18-9/h2-3,5-6,9,13-15,17H,1H2,(H2,10,16)/t3-,5+,6+,9-/m1/s1. The van der Waals surface area contributed by atoms with Crippen molar-refractivity contribution in [2.45, 2.75) is 24.5 Å². The zero-order chi connectivity index (χ0) is 13.4. The Bertz CT molecular complexity index is 461. The summed E-state index contributed by atoms with van der Waals surface area (Å²) in [7, 11) is 0. The van der Waals surface area contributed by atoms with E-state index in [1.807, 2.05) is 0 Å². The Morgan fingerprint density at radius 2 is 2.17 bits per heavy atom. The van der Waals surface area contributed by atoms with E-state index in [2.05, 4.69) is 4.98 Å². The molecule has 1 aromatic rings. The number of primary amides is 1. The summed E-state index contributed by atoms with van der Waals surface area (Å²) in [5, 5.41) is 37.9. The Balaban J connectivity index is 2.30. The van der Waals surface area contributed by atoms with E-state index in [1.54, 1.807) is 0 Å². The van der Waals surface area contributed by atoms with Crippen molar-refractivity contribution in [2.75, 3.05) is 6.61 Å². The molecule has 9 nitrogen and oxygen atoms in total. The Morgan fingerprint density at radius 3 is 2.61 bits per heavy atom. The molecule has 0 aliphatic carbocycles. The minimum atomic E-state index is -1.37. The molecule has 100 valence electrons. The Labute approximate surface area is 101 Å². The third-order valence-corrected chi connectivity index (χ3v) is 2.79. The summed E-state index contributed by atoms with van der Waals surface area (Å²) >= 11 is 0. The van der Waals surface area contributed by atoms with E-state index in [-0.39, 0.29) is 5.69 Å². The predicted octanol–water partition coefficient (Wildman–Crippen LogP) is -2.70. The largest absolute Gasteiger partial charge is 0.493 e. The third kappa shape index (κ3) is 1.82. The average Bonchev–Trinajstić information content (AvgIpc) is 2.82. The van der Waals surface area contributed by atoms with E-state index < -0.39 is 42.9 Å². The van der Waals surface area contributed by atoms with E-state index in [0.29, 0.717) is 0 Å². The highest BCUT2D eigenvalue weighted by atomic mass is 16.6. The Kier molecular flexibility index (Phi) is 3.22. The summed E-state index contributed by atoms with van der Waals surface area (Å²) in [6.07, 6.45) is -3.76. The van der Waals surface area contributed by atoms with E-state index in [9.17, 15) is 20.1 Å². The summed E-state index contributed by atoms with van der Waals surface area (Å²) in [6, 6.07) is 0. The van der Waals surface area contributed by atoms with E-state index >= 15 is 0 Å². The van der Waals surface area contributed by atoms with Crippen LogP contribution in [0.15, 0.2) is 6.33 Å². The first-order valence-electron chi connectivity index (χ1n) is 5.15. The maximum Gasteiger partial charge on any atom is 0.272 e. The van der Waals surface area contributed by atoms with Crippen LogP contribution in [-0.2, 0) is 4.74 Å². The minimum absolute atomic E-state index is 0.368. The number of hydrogen-bond donors (Lipinski definition) is 5. The van der Waals surface area contributed by atoms with Gasteiger partial charge in [-0.05, 0) is 0 Å². The number of aromatic hydroxyl groups is 1. The van der Waals surface area contributed by atoms with Crippen LogP contribution in [0.5, 0.6) is 5.88 Å². The fourth-order valence-electron chi connectivity index (χ4n) is 1.82. The molecule has 0 unspecified atom stereocenters. The number of ether oxygens (including phenoxy) is 1. The molecule has 1 aliphatic rings. The van der Waals surface area contributed by atoms with Crippen molar-refractivity contribution in [3.05, 3.63) is 12.0 Å². The van der Waals surface area contributed by atoms with Gasteiger partial charge in [-0.15, -0.1) is 0 Å². The highest BCUT2D eigenvalue weighted by molar-refractivity contribution is 5.92. The summed E-state index contributed by atoms with van der Waals surface area (Å²) < 4.78 is 6.12. The number of amides is 1. The van der Waals surface area contributed by atoms with Crippen molar-refractivity contribution < 1.29 is 30.0 Å². The Morgan fingerprint density at radius 1 is 1.50 bits per heavy atom. The lowest BCUT2D eigenvalue weighted by atomic mass is 10.1. The van der Waals surface area contributed by atoms with Crippen LogP contribution in [-0.4, -0.2) is 60.8 Å². The molecule has 1 fully saturated rings. The lowest BCUT2D eigenvalue weighted by molar-refractivity contribution is -0.0553.